The molecule has 0 unspecified atom stereocenters. The molecule has 0 aliphatic rings. The van der Waals surface area contributed by atoms with E-state index in [0.717, 1.165) is 23.5 Å². The van der Waals surface area contributed by atoms with Gasteiger partial charge in [0, 0.05) is 30.0 Å². The number of rotatable bonds is 7. The lowest BCUT2D eigenvalue weighted by molar-refractivity contribution is 0.383. The van der Waals surface area contributed by atoms with Gasteiger partial charge in [0.25, 0.3) is 0 Å². The second-order valence-corrected chi connectivity index (χ2v) is 5.24. The Morgan fingerprint density at radius 1 is 1.09 bits per heavy atom. The van der Waals surface area contributed by atoms with Crippen LogP contribution in [0.3, 0.4) is 0 Å². The summed E-state index contributed by atoms with van der Waals surface area (Å²) in [5, 5.41) is 3.66. The van der Waals surface area contributed by atoms with Gasteiger partial charge in [0.15, 0.2) is 0 Å². The molecule has 2 rings (SSSR count). The standard InChI is InChI=1S/C18H24N2O2/c1-5-17(14-8-10-19-11-9-14)20-13(2)16-12-15(21-3)6-7-18(16)22-4/h6-13,17,20H,5H2,1-4H3/t13-,17-/m1/s1. The number of hydrogen-bond acceptors (Lipinski definition) is 4. The van der Waals surface area contributed by atoms with Crippen molar-refractivity contribution in [1.82, 2.24) is 10.3 Å². The maximum Gasteiger partial charge on any atom is 0.123 e. The van der Waals surface area contributed by atoms with E-state index < -0.39 is 0 Å². The molecule has 4 nitrogen and oxygen atoms in total. The molecule has 0 spiro atoms. The Morgan fingerprint density at radius 2 is 1.82 bits per heavy atom. The fourth-order valence-corrected chi connectivity index (χ4v) is 2.61. The molecule has 0 fully saturated rings. The first kappa shape index (κ1) is 16.3. The molecular formula is C18H24N2O2. The van der Waals surface area contributed by atoms with Crippen LogP contribution in [0.25, 0.3) is 0 Å². The number of hydrogen-bond donors (Lipinski definition) is 1. The van der Waals surface area contributed by atoms with Gasteiger partial charge < -0.3 is 14.8 Å². The zero-order valence-corrected chi connectivity index (χ0v) is 13.7. The first-order chi connectivity index (χ1) is 10.7. The van der Waals surface area contributed by atoms with Crippen molar-refractivity contribution in [2.45, 2.75) is 32.4 Å². The number of methoxy groups -OCH3 is 2. The second kappa shape index (κ2) is 7.80. The van der Waals surface area contributed by atoms with Gasteiger partial charge >= 0.3 is 0 Å². The Morgan fingerprint density at radius 3 is 2.41 bits per heavy atom. The van der Waals surface area contributed by atoms with E-state index in [2.05, 4.69) is 36.3 Å². The molecular weight excluding hydrogens is 276 g/mol. The summed E-state index contributed by atoms with van der Waals surface area (Å²) in [6.07, 6.45) is 4.66. The van der Waals surface area contributed by atoms with Crippen LogP contribution in [0, 0.1) is 0 Å². The Hall–Kier alpha value is -2.07. The van der Waals surface area contributed by atoms with Gasteiger partial charge in [-0.15, -0.1) is 0 Å². The molecule has 0 saturated carbocycles. The van der Waals surface area contributed by atoms with Crippen LogP contribution in [0.4, 0.5) is 0 Å². The predicted octanol–water partition coefficient (Wildman–Crippen LogP) is 3.90. The molecule has 0 bridgehead atoms. The van der Waals surface area contributed by atoms with E-state index >= 15 is 0 Å². The Bertz CT molecular complexity index is 587. The summed E-state index contributed by atoms with van der Waals surface area (Å²) in [7, 11) is 3.37. The fraction of sp³-hybridized carbons (Fsp3) is 0.389. The number of nitrogens with zero attached hydrogens (tertiary/aromatic N) is 1. The first-order valence-corrected chi connectivity index (χ1v) is 7.57. The summed E-state index contributed by atoms with van der Waals surface area (Å²) in [6.45, 7) is 4.31. The quantitative estimate of drug-likeness (QED) is 0.842. The smallest absolute Gasteiger partial charge is 0.123 e. The lowest BCUT2D eigenvalue weighted by atomic mass is 10.0. The van der Waals surface area contributed by atoms with Crippen LogP contribution >= 0.6 is 0 Å². The van der Waals surface area contributed by atoms with E-state index in [9.17, 15) is 0 Å². The van der Waals surface area contributed by atoms with Gasteiger partial charge in [-0.05, 0) is 49.2 Å². The van der Waals surface area contributed by atoms with E-state index in [0.29, 0.717) is 0 Å². The number of benzene rings is 1. The van der Waals surface area contributed by atoms with E-state index in [1.54, 1.807) is 14.2 Å². The van der Waals surface area contributed by atoms with Crippen molar-refractivity contribution in [2.24, 2.45) is 0 Å². The van der Waals surface area contributed by atoms with Crippen molar-refractivity contribution in [3.63, 3.8) is 0 Å². The minimum absolute atomic E-state index is 0.142. The maximum atomic E-state index is 5.48. The van der Waals surface area contributed by atoms with Crippen molar-refractivity contribution in [3.8, 4) is 11.5 Å². The Balaban J connectivity index is 2.22. The summed E-state index contributed by atoms with van der Waals surface area (Å²) in [5.41, 5.74) is 2.33. The Kier molecular flexibility index (Phi) is 5.78. The molecule has 2 atom stereocenters. The average Bonchev–Trinajstić information content (AvgIpc) is 2.59. The van der Waals surface area contributed by atoms with Gasteiger partial charge in [-0.1, -0.05) is 6.92 Å². The van der Waals surface area contributed by atoms with Gasteiger partial charge in [-0.25, -0.2) is 0 Å². The van der Waals surface area contributed by atoms with Crippen LogP contribution in [-0.2, 0) is 0 Å². The lowest BCUT2D eigenvalue weighted by Gasteiger charge is -2.24. The summed E-state index contributed by atoms with van der Waals surface area (Å²) in [4.78, 5) is 4.09. The third-order valence-corrected chi connectivity index (χ3v) is 3.87. The normalized spacial score (nSPS) is 13.5. The highest BCUT2D eigenvalue weighted by Gasteiger charge is 2.17. The summed E-state index contributed by atoms with van der Waals surface area (Å²) in [5.74, 6) is 1.70. The highest BCUT2D eigenvalue weighted by Crippen LogP contribution is 2.31. The van der Waals surface area contributed by atoms with Crippen molar-refractivity contribution in [3.05, 3.63) is 53.9 Å². The molecule has 0 aliphatic heterocycles. The van der Waals surface area contributed by atoms with Crippen LogP contribution < -0.4 is 14.8 Å². The van der Waals surface area contributed by atoms with Crippen LogP contribution in [-0.4, -0.2) is 19.2 Å². The molecule has 0 aliphatic carbocycles. The molecule has 2 aromatic rings. The van der Waals surface area contributed by atoms with Crippen LogP contribution in [0.5, 0.6) is 11.5 Å². The summed E-state index contributed by atoms with van der Waals surface area (Å²) >= 11 is 0. The molecule has 0 amide bonds. The fourth-order valence-electron chi connectivity index (χ4n) is 2.61. The SMILES string of the molecule is CC[C@@H](N[C@H](C)c1cc(OC)ccc1OC)c1ccncc1. The zero-order valence-electron chi connectivity index (χ0n) is 13.7. The second-order valence-electron chi connectivity index (χ2n) is 5.24. The van der Waals surface area contributed by atoms with E-state index in [1.807, 2.05) is 30.6 Å². The topological polar surface area (TPSA) is 43.4 Å². The van der Waals surface area contributed by atoms with Crippen molar-refractivity contribution >= 4 is 0 Å². The average molecular weight is 300 g/mol. The largest absolute Gasteiger partial charge is 0.497 e. The van der Waals surface area contributed by atoms with Crippen LogP contribution in [0.2, 0.25) is 0 Å². The van der Waals surface area contributed by atoms with Gasteiger partial charge in [-0.3, -0.25) is 4.98 Å². The molecule has 4 heteroatoms. The van der Waals surface area contributed by atoms with Crippen LogP contribution in [0.15, 0.2) is 42.7 Å². The minimum Gasteiger partial charge on any atom is -0.497 e. The molecule has 1 aromatic carbocycles. The van der Waals surface area contributed by atoms with Gasteiger partial charge in [0.2, 0.25) is 0 Å². The molecule has 22 heavy (non-hydrogen) atoms. The summed E-state index contributed by atoms with van der Waals surface area (Å²) in [6, 6.07) is 10.4. The molecule has 1 aromatic heterocycles. The lowest BCUT2D eigenvalue weighted by Crippen LogP contribution is -2.24. The molecule has 1 heterocycles. The highest BCUT2D eigenvalue weighted by molar-refractivity contribution is 5.42. The highest BCUT2D eigenvalue weighted by atomic mass is 16.5. The zero-order chi connectivity index (χ0) is 15.9. The number of ether oxygens (including phenoxy) is 2. The third kappa shape index (κ3) is 3.77. The van der Waals surface area contributed by atoms with Crippen LogP contribution in [0.1, 0.15) is 43.5 Å². The van der Waals surface area contributed by atoms with Crippen molar-refractivity contribution in [1.29, 1.82) is 0 Å². The van der Waals surface area contributed by atoms with E-state index in [-0.39, 0.29) is 12.1 Å². The number of nitrogens with one attached hydrogen (secondary N) is 1. The number of aromatic nitrogens is 1. The van der Waals surface area contributed by atoms with Crippen molar-refractivity contribution < 1.29 is 9.47 Å². The molecule has 0 radical (unpaired) electrons. The number of pyridine rings is 1. The van der Waals surface area contributed by atoms with E-state index in [4.69, 9.17) is 9.47 Å². The van der Waals surface area contributed by atoms with Gasteiger partial charge in [0.05, 0.1) is 14.2 Å². The monoisotopic (exact) mass is 300 g/mol. The van der Waals surface area contributed by atoms with E-state index in [1.165, 1.54) is 5.56 Å². The molecule has 118 valence electrons. The first-order valence-electron chi connectivity index (χ1n) is 7.57. The van der Waals surface area contributed by atoms with Gasteiger partial charge in [-0.2, -0.15) is 0 Å². The molecule has 1 N–H and O–H groups in total. The maximum absolute atomic E-state index is 5.48. The van der Waals surface area contributed by atoms with Crippen molar-refractivity contribution in [2.75, 3.05) is 14.2 Å². The third-order valence-electron chi connectivity index (χ3n) is 3.87. The Labute approximate surface area is 132 Å². The molecule has 0 saturated heterocycles. The predicted molar refractivity (Wildman–Crippen MR) is 88.4 cm³/mol. The van der Waals surface area contributed by atoms with Gasteiger partial charge in [0.1, 0.15) is 11.5 Å². The summed E-state index contributed by atoms with van der Waals surface area (Å²) < 4.78 is 10.8. The minimum atomic E-state index is 0.142.